The van der Waals surface area contributed by atoms with E-state index in [-0.39, 0.29) is 36.8 Å². The molecule has 0 aromatic carbocycles. The fourth-order valence-electron chi connectivity index (χ4n) is 3.84. The summed E-state index contributed by atoms with van der Waals surface area (Å²) >= 11 is 0. The lowest BCUT2D eigenvalue weighted by Crippen LogP contribution is -2.51. The normalized spacial score (nSPS) is 17.0. The van der Waals surface area contributed by atoms with Crippen molar-refractivity contribution < 1.29 is 23.2 Å². The predicted octanol–water partition coefficient (Wildman–Crippen LogP) is 2.50. The fraction of sp³-hybridized carbons (Fsp3) is 0.522. The van der Waals surface area contributed by atoms with E-state index in [4.69, 9.17) is 13.6 Å². The number of hydrogen-bond donors (Lipinski definition) is 1. The van der Waals surface area contributed by atoms with Crippen LogP contribution in [0.15, 0.2) is 39.4 Å². The topological polar surface area (TPSA) is 129 Å². The van der Waals surface area contributed by atoms with Crippen molar-refractivity contribution in [1.82, 2.24) is 30.4 Å². The number of tetrazole rings is 1. The average molecular weight is 471 g/mol. The summed E-state index contributed by atoms with van der Waals surface area (Å²) in [5.74, 6) is 1.13. The van der Waals surface area contributed by atoms with Crippen molar-refractivity contribution in [2.45, 2.75) is 64.8 Å². The smallest absolute Gasteiger partial charge is 0.251 e. The number of aromatic nitrogens is 4. The molecule has 11 heteroatoms. The van der Waals surface area contributed by atoms with Crippen molar-refractivity contribution in [1.29, 1.82) is 0 Å². The molecule has 3 aromatic rings. The molecule has 34 heavy (non-hydrogen) atoms. The van der Waals surface area contributed by atoms with Crippen LogP contribution in [0.25, 0.3) is 11.6 Å². The van der Waals surface area contributed by atoms with Gasteiger partial charge in [0.2, 0.25) is 11.7 Å². The molecule has 1 aliphatic heterocycles. The number of carbonyl (C=O) groups is 2. The molecule has 3 aromatic heterocycles. The summed E-state index contributed by atoms with van der Waals surface area (Å²) in [6, 6.07) is 5.95. The van der Waals surface area contributed by atoms with E-state index >= 15 is 0 Å². The Bertz CT molecular complexity index is 1110. The molecule has 0 saturated carbocycles. The molecule has 4 rings (SSSR count). The number of nitrogens with zero attached hydrogens (tertiary/aromatic N) is 5. The Balaban J connectivity index is 1.60. The van der Waals surface area contributed by atoms with Crippen LogP contribution in [0.5, 0.6) is 0 Å². The van der Waals surface area contributed by atoms with E-state index in [2.05, 4.69) is 20.7 Å². The van der Waals surface area contributed by atoms with Gasteiger partial charge in [-0.2, -0.15) is 4.80 Å². The minimum atomic E-state index is -0.971. The van der Waals surface area contributed by atoms with Crippen molar-refractivity contribution in [2.75, 3.05) is 13.2 Å². The van der Waals surface area contributed by atoms with Gasteiger partial charge in [-0.05, 0) is 70.0 Å². The number of amides is 2. The molecule has 0 bridgehead atoms. The summed E-state index contributed by atoms with van der Waals surface area (Å²) < 4.78 is 16.9. The summed E-state index contributed by atoms with van der Waals surface area (Å²) in [5.41, 5.74) is -0.496. The Morgan fingerprint density at radius 3 is 2.74 bits per heavy atom. The quantitative estimate of drug-likeness (QED) is 0.532. The third-order valence-electron chi connectivity index (χ3n) is 5.31. The maximum absolute atomic E-state index is 13.6. The third-order valence-corrected chi connectivity index (χ3v) is 5.31. The molecular formula is C23H30N6O5. The van der Waals surface area contributed by atoms with Crippen LogP contribution in [0, 0.1) is 6.92 Å². The molecule has 1 fully saturated rings. The van der Waals surface area contributed by atoms with Crippen LogP contribution >= 0.6 is 0 Å². The predicted molar refractivity (Wildman–Crippen MR) is 120 cm³/mol. The Hall–Kier alpha value is -3.47. The summed E-state index contributed by atoms with van der Waals surface area (Å²) in [5, 5.41) is 15.2. The molecule has 0 unspecified atom stereocenters. The number of carbonyl (C=O) groups excluding carboxylic acids is 2. The highest BCUT2D eigenvalue weighted by Crippen LogP contribution is 2.26. The van der Waals surface area contributed by atoms with Crippen molar-refractivity contribution in [3.63, 3.8) is 0 Å². The van der Waals surface area contributed by atoms with E-state index in [1.54, 1.807) is 24.3 Å². The zero-order valence-electron chi connectivity index (χ0n) is 19.9. The lowest BCUT2D eigenvalue weighted by molar-refractivity contribution is -0.144. The molecule has 182 valence electrons. The average Bonchev–Trinajstić information content (AvgIpc) is 3.55. The molecule has 4 heterocycles. The number of nitrogens with one attached hydrogen (secondary N) is 1. The van der Waals surface area contributed by atoms with E-state index in [1.807, 2.05) is 27.7 Å². The van der Waals surface area contributed by atoms with Gasteiger partial charge in [-0.3, -0.25) is 9.59 Å². The van der Waals surface area contributed by atoms with Crippen LogP contribution in [-0.2, 0) is 20.9 Å². The van der Waals surface area contributed by atoms with Gasteiger partial charge in [-0.15, -0.1) is 10.2 Å². The number of furan rings is 2. The molecule has 1 saturated heterocycles. The van der Waals surface area contributed by atoms with Crippen LogP contribution in [0.3, 0.4) is 0 Å². The number of aryl methyl sites for hydroxylation is 1. The van der Waals surface area contributed by atoms with E-state index in [0.29, 0.717) is 18.1 Å². The van der Waals surface area contributed by atoms with Crippen LogP contribution in [0.1, 0.15) is 51.2 Å². The van der Waals surface area contributed by atoms with E-state index in [9.17, 15) is 9.59 Å². The maximum atomic E-state index is 13.6. The Labute approximate surface area is 197 Å². The van der Waals surface area contributed by atoms with E-state index in [1.165, 1.54) is 16.0 Å². The van der Waals surface area contributed by atoms with Crippen molar-refractivity contribution in [2.24, 2.45) is 0 Å². The van der Waals surface area contributed by atoms with Gasteiger partial charge in [0, 0.05) is 18.7 Å². The van der Waals surface area contributed by atoms with Gasteiger partial charge in [0.05, 0.1) is 12.4 Å². The fourth-order valence-corrected chi connectivity index (χ4v) is 3.84. The lowest BCUT2D eigenvalue weighted by atomic mass is 10.1. The van der Waals surface area contributed by atoms with Crippen molar-refractivity contribution >= 4 is 11.8 Å². The van der Waals surface area contributed by atoms with E-state index in [0.717, 1.165) is 18.6 Å². The highest BCUT2D eigenvalue weighted by Gasteiger charge is 2.37. The van der Waals surface area contributed by atoms with Crippen LogP contribution in [0.4, 0.5) is 0 Å². The van der Waals surface area contributed by atoms with E-state index < -0.39 is 11.6 Å². The van der Waals surface area contributed by atoms with Gasteiger partial charge in [0.25, 0.3) is 5.91 Å². The Morgan fingerprint density at radius 2 is 2.12 bits per heavy atom. The van der Waals surface area contributed by atoms with Gasteiger partial charge in [-0.1, -0.05) is 0 Å². The summed E-state index contributed by atoms with van der Waals surface area (Å²) in [6.07, 6.45) is 3.02. The van der Waals surface area contributed by atoms with Gasteiger partial charge < -0.3 is 23.8 Å². The van der Waals surface area contributed by atoms with Crippen molar-refractivity contribution in [3.05, 3.63) is 42.0 Å². The minimum absolute atomic E-state index is 0.172. The van der Waals surface area contributed by atoms with Gasteiger partial charge in [-0.25, -0.2) is 0 Å². The summed E-state index contributed by atoms with van der Waals surface area (Å²) in [4.78, 5) is 29.6. The number of rotatable bonds is 8. The lowest BCUT2D eigenvalue weighted by Gasteiger charge is -2.33. The van der Waals surface area contributed by atoms with Gasteiger partial charge in [0.1, 0.15) is 18.1 Å². The molecular weight excluding hydrogens is 440 g/mol. The van der Waals surface area contributed by atoms with Crippen LogP contribution in [-0.4, -0.2) is 61.7 Å². The van der Waals surface area contributed by atoms with Gasteiger partial charge >= 0.3 is 0 Å². The first-order chi connectivity index (χ1) is 16.2. The van der Waals surface area contributed by atoms with Gasteiger partial charge in [0.15, 0.2) is 11.8 Å². The second-order valence-electron chi connectivity index (χ2n) is 9.39. The number of ether oxygens (including phenoxy) is 1. The SMILES string of the molecule is Cc1ccc(-c2nnn(CC(=O)N(C[C@H]3CCCO3)[C@@H](C(=O)NC(C)(C)C)c3ccco3)n2)o1. The maximum Gasteiger partial charge on any atom is 0.251 e. The minimum Gasteiger partial charge on any atom is -0.467 e. The Kier molecular flexibility index (Phi) is 6.82. The molecule has 0 spiro atoms. The Morgan fingerprint density at radius 1 is 1.29 bits per heavy atom. The molecule has 0 aliphatic carbocycles. The molecule has 1 N–H and O–H groups in total. The first kappa shape index (κ1) is 23.7. The van der Waals surface area contributed by atoms with Crippen LogP contribution < -0.4 is 5.32 Å². The second-order valence-corrected chi connectivity index (χ2v) is 9.39. The summed E-state index contributed by atoms with van der Waals surface area (Å²) in [7, 11) is 0. The largest absolute Gasteiger partial charge is 0.467 e. The van der Waals surface area contributed by atoms with Crippen molar-refractivity contribution in [3.8, 4) is 11.6 Å². The first-order valence-corrected chi connectivity index (χ1v) is 11.3. The van der Waals surface area contributed by atoms with Crippen LogP contribution in [0.2, 0.25) is 0 Å². The monoisotopic (exact) mass is 470 g/mol. The molecule has 0 radical (unpaired) electrons. The second kappa shape index (κ2) is 9.80. The molecule has 1 aliphatic rings. The zero-order valence-corrected chi connectivity index (χ0v) is 19.9. The molecule has 11 nitrogen and oxygen atoms in total. The molecule has 2 atom stereocenters. The zero-order chi connectivity index (χ0) is 24.3. The highest BCUT2D eigenvalue weighted by atomic mass is 16.5. The summed E-state index contributed by atoms with van der Waals surface area (Å²) in [6.45, 7) is 8.12. The number of hydrogen-bond acceptors (Lipinski definition) is 8. The standard InChI is InChI=1S/C23H30N6O5/c1-15-9-10-18(34-15)21-25-27-29(26-21)14-19(30)28(13-16-7-5-11-32-16)20(17-8-6-12-33-17)22(31)24-23(2,3)4/h6,8-10,12,16,20H,5,7,11,13-14H2,1-4H3,(H,24,31)/t16-,20-/m1/s1. The third kappa shape index (κ3) is 5.71. The highest BCUT2D eigenvalue weighted by molar-refractivity contribution is 5.88. The molecule has 2 amide bonds. The first-order valence-electron chi connectivity index (χ1n) is 11.3.